The number of hydrogen-bond donors (Lipinski definition) is 0. The van der Waals surface area contributed by atoms with Gasteiger partial charge in [-0.3, -0.25) is 0 Å². The molecule has 84 valence electrons. The van der Waals surface area contributed by atoms with Crippen molar-refractivity contribution in [2.75, 3.05) is 14.2 Å². The molecule has 0 aliphatic heterocycles. The Hall–Kier alpha value is -2.15. The number of rotatable bonds is 3. The molecule has 0 aliphatic carbocycles. The molecule has 0 fully saturated rings. The Bertz CT molecular complexity index is 406. The average Bonchev–Trinajstić information content (AvgIpc) is 2.35. The number of ether oxygens (including phenoxy) is 3. The first-order valence-electron chi connectivity index (χ1n) is 4.56. The first kappa shape index (κ1) is 11.9. The van der Waals surface area contributed by atoms with Crippen LogP contribution in [0.3, 0.4) is 0 Å². The second kappa shape index (κ2) is 5.66. The van der Waals surface area contributed by atoms with Crippen LogP contribution in [0.5, 0.6) is 5.75 Å². The molecule has 1 rings (SSSR count). The van der Waals surface area contributed by atoms with Gasteiger partial charge in [-0.1, -0.05) is 24.1 Å². The molecule has 4 heteroatoms. The number of hydrogen-bond acceptors (Lipinski definition) is 4. The number of carbonyl (C=O) groups is 1. The van der Waals surface area contributed by atoms with E-state index in [1.165, 1.54) is 14.2 Å². The van der Waals surface area contributed by atoms with Gasteiger partial charge >= 0.3 is 6.16 Å². The largest absolute Gasteiger partial charge is 0.509 e. The fourth-order valence-electron chi connectivity index (χ4n) is 1.21. The van der Waals surface area contributed by atoms with Crippen molar-refractivity contribution in [1.82, 2.24) is 0 Å². The zero-order valence-corrected chi connectivity index (χ0v) is 9.10. The monoisotopic (exact) mass is 220 g/mol. The molecule has 0 radical (unpaired) electrons. The molecule has 1 aromatic carbocycles. The van der Waals surface area contributed by atoms with E-state index in [4.69, 9.17) is 15.9 Å². The van der Waals surface area contributed by atoms with Crippen LogP contribution in [0.1, 0.15) is 11.7 Å². The quantitative estimate of drug-likeness (QED) is 0.578. The SMILES string of the molecule is C#CC(OC(=O)OC)c1ccccc1OC. The summed E-state index contributed by atoms with van der Waals surface area (Å²) in [4.78, 5) is 11.0. The summed E-state index contributed by atoms with van der Waals surface area (Å²) in [5.74, 6) is 2.92. The Morgan fingerprint density at radius 1 is 1.38 bits per heavy atom. The summed E-state index contributed by atoms with van der Waals surface area (Å²) in [5.41, 5.74) is 0.609. The number of benzene rings is 1. The predicted molar refractivity (Wildman–Crippen MR) is 58.1 cm³/mol. The van der Waals surface area contributed by atoms with Gasteiger partial charge in [-0.15, -0.1) is 6.42 Å². The van der Waals surface area contributed by atoms with Crippen LogP contribution in [0.4, 0.5) is 4.79 Å². The molecular weight excluding hydrogens is 208 g/mol. The van der Waals surface area contributed by atoms with Crippen LogP contribution in [0.15, 0.2) is 24.3 Å². The van der Waals surface area contributed by atoms with Crippen LogP contribution in [0.2, 0.25) is 0 Å². The molecule has 0 bridgehead atoms. The van der Waals surface area contributed by atoms with Gasteiger partial charge in [-0.2, -0.15) is 0 Å². The van der Waals surface area contributed by atoms with Crippen LogP contribution < -0.4 is 4.74 Å². The van der Waals surface area contributed by atoms with Crippen LogP contribution >= 0.6 is 0 Å². The van der Waals surface area contributed by atoms with Crippen molar-refractivity contribution < 1.29 is 19.0 Å². The summed E-state index contributed by atoms with van der Waals surface area (Å²) in [6.45, 7) is 0. The van der Waals surface area contributed by atoms with Crippen molar-refractivity contribution in [3.8, 4) is 18.1 Å². The smallest absolute Gasteiger partial charge is 0.496 e. The minimum absolute atomic E-state index is 0.564. The van der Waals surface area contributed by atoms with E-state index in [0.717, 1.165) is 0 Å². The van der Waals surface area contributed by atoms with Gasteiger partial charge in [-0.25, -0.2) is 4.79 Å². The molecule has 0 aliphatic rings. The lowest BCUT2D eigenvalue weighted by molar-refractivity contribution is 0.0544. The minimum Gasteiger partial charge on any atom is -0.496 e. The van der Waals surface area contributed by atoms with E-state index < -0.39 is 12.3 Å². The first-order valence-corrected chi connectivity index (χ1v) is 4.56. The van der Waals surface area contributed by atoms with Crippen molar-refractivity contribution >= 4 is 6.16 Å². The van der Waals surface area contributed by atoms with Gasteiger partial charge in [0.2, 0.25) is 0 Å². The van der Waals surface area contributed by atoms with Crippen LogP contribution in [-0.2, 0) is 9.47 Å². The molecule has 0 saturated heterocycles. The van der Waals surface area contributed by atoms with Crippen molar-refractivity contribution in [3.63, 3.8) is 0 Å². The van der Waals surface area contributed by atoms with Crippen molar-refractivity contribution in [2.24, 2.45) is 0 Å². The molecule has 0 amide bonds. The second-order valence-electron chi connectivity index (χ2n) is 2.86. The Labute approximate surface area is 94.1 Å². The number of methoxy groups -OCH3 is 2. The lowest BCUT2D eigenvalue weighted by atomic mass is 10.1. The number of terminal acetylenes is 1. The van der Waals surface area contributed by atoms with Gasteiger partial charge in [0.05, 0.1) is 14.2 Å². The van der Waals surface area contributed by atoms with Gasteiger partial charge in [0.1, 0.15) is 5.75 Å². The molecule has 1 aromatic rings. The maximum atomic E-state index is 11.0. The molecule has 0 heterocycles. The number of carbonyl (C=O) groups excluding carboxylic acids is 1. The summed E-state index contributed by atoms with van der Waals surface area (Å²) in [6, 6.07) is 7.05. The first-order chi connectivity index (χ1) is 7.72. The van der Waals surface area contributed by atoms with Gasteiger partial charge in [0.15, 0.2) is 6.10 Å². The summed E-state index contributed by atoms with van der Waals surface area (Å²) >= 11 is 0. The highest BCUT2D eigenvalue weighted by molar-refractivity contribution is 5.61. The highest BCUT2D eigenvalue weighted by atomic mass is 16.7. The fourth-order valence-corrected chi connectivity index (χ4v) is 1.21. The van der Waals surface area contributed by atoms with Gasteiger partial charge in [0, 0.05) is 5.56 Å². The van der Waals surface area contributed by atoms with Crippen LogP contribution in [0.25, 0.3) is 0 Å². The van der Waals surface area contributed by atoms with Crippen molar-refractivity contribution in [1.29, 1.82) is 0 Å². The lowest BCUT2D eigenvalue weighted by Crippen LogP contribution is -2.10. The molecule has 0 aromatic heterocycles. The zero-order valence-electron chi connectivity index (χ0n) is 9.10. The van der Waals surface area contributed by atoms with E-state index in [-0.39, 0.29) is 0 Å². The zero-order chi connectivity index (χ0) is 12.0. The van der Waals surface area contributed by atoms with Crippen LogP contribution in [0, 0.1) is 12.3 Å². The minimum atomic E-state index is -0.825. The van der Waals surface area contributed by atoms with Gasteiger partial charge in [0.25, 0.3) is 0 Å². The third-order valence-electron chi connectivity index (χ3n) is 1.95. The molecule has 1 unspecified atom stereocenters. The van der Waals surface area contributed by atoms with E-state index in [2.05, 4.69) is 10.7 Å². The lowest BCUT2D eigenvalue weighted by Gasteiger charge is -2.14. The molecule has 0 saturated carbocycles. The van der Waals surface area contributed by atoms with E-state index in [1.807, 2.05) is 0 Å². The molecule has 0 spiro atoms. The normalized spacial score (nSPS) is 11.1. The highest BCUT2D eigenvalue weighted by Crippen LogP contribution is 2.26. The summed E-state index contributed by atoms with van der Waals surface area (Å²) in [5, 5.41) is 0. The Balaban J connectivity index is 2.95. The predicted octanol–water partition coefficient (Wildman–Crippen LogP) is 2.15. The summed E-state index contributed by atoms with van der Waals surface area (Å²) in [7, 11) is 2.74. The standard InChI is InChI=1S/C12H12O4/c1-4-10(16-12(13)15-3)9-7-5-6-8-11(9)14-2/h1,5-8,10H,2-3H3. The number of para-hydroxylation sites is 1. The second-order valence-corrected chi connectivity index (χ2v) is 2.86. The maximum absolute atomic E-state index is 11.0. The van der Waals surface area contributed by atoms with Gasteiger partial charge in [-0.05, 0) is 6.07 Å². The molecular formula is C12H12O4. The highest BCUT2D eigenvalue weighted by Gasteiger charge is 2.17. The maximum Gasteiger partial charge on any atom is 0.509 e. The van der Waals surface area contributed by atoms with E-state index in [9.17, 15) is 4.79 Å². The summed E-state index contributed by atoms with van der Waals surface area (Å²) < 4.78 is 14.4. The molecule has 1 atom stereocenters. The third kappa shape index (κ3) is 2.67. The van der Waals surface area contributed by atoms with Gasteiger partial charge < -0.3 is 14.2 Å². The molecule has 0 N–H and O–H groups in total. The summed E-state index contributed by atoms with van der Waals surface area (Å²) in [6.07, 6.45) is 3.65. The molecule has 16 heavy (non-hydrogen) atoms. The Morgan fingerprint density at radius 2 is 2.06 bits per heavy atom. The molecule has 4 nitrogen and oxygen atoms in total. The van der Waals surface area contributed by atoms with Crippen LogP contribution in [-0.4, -0.2) is 20.4 Å². The van der Waals surface area contributed by atoms with E-state index in [0.29, 0.717) is 11.3 Å². The topological polar surface area (TPSA) is 44.8 Å². The van der Waals surface area contributed by atoms with E-state index in [1.54, 1.807) is 24.3 Å². The van der Waals surface area contributed by atoms with Crippen molar-refractivity contribution in [3.05, 3.63) is 29.8 Å². The van der Waals surface area contributed by atoms with Crippen molar-refractivity contribution in [2.45, 2.75) is 6.10 Å². The average molecular weight is 220 g/mol. The van der Waals surface area contributed by atoms with E-state index >= 15 is 0 Å². The Morgan fingerprint density at radius 3 is 2.62 bits per heavy atom. The Kier molecular flexibility index (Phi) is 4.22. The fraction of sp³-hybridized carbons (Fsp3) is 0.250. The third-order valence-corrected chi connectivity index (χ3v) is 1.95.